The van der Waals surface area contributed by atoms with E-state index in [9.17, 15) is 28.8 Å². The molecule has 0 heterocycles. The molecule has 6 amide bonds. The lowest BCUT2D eigenvalue weighted by atomic mass is 10.0. The average Bonchev–Trinajstić information content (AvgIpc) is 3.15. The average molecular weight is 770 g/mol. The minimum absolute atomic E-state index is 0.144. The maximum Gasteiger partial charge on any atom is 0.243 e. The lowest BCUT2D eigenvalue weighted by Crippen LogP contribution is -2.59. The number of rotatable bonds is 35. The van der Waals surface area contributed by atoms with Crippen molar-refractivity contribution in [1.29, 1.82) is 0 Å². The first kappa shape index (κ1) is 50.6. The second-order valence-electron chi connectivity index (χ2n) is 14.0. The van der Waals surface area contributed by atoms with Crippen molar-refractivity contribution < 1.29 is 28.8 Å². The number of primary amides is 1. The fourth-order valence-electron chi connectivity index (χ4n) is 5.92. The van der Waals surface area contributed by atoms with Gasteiger partial charge in [-0.15, -0.1) is 0 Å². The Kier molecular flexibility index (Phi) is 30.9. The Balaban J connectivity index is 5.69. The van der Waals surface area contributed by atoms with Crippen LogP contribution in [0.25, 0.3) is 0 Å². The van der Waals surface area contributed by atoms with Crippen molar-refractivity contribution in [2.45, 2.75) is 166 Å². The van der Waals surface area contributed by atoms with E-state index in [0.717, 1.165) is 19.3 Å². The number of amides is 6. The van der Waals surface area contributed by atoms with Gasteiger partial charge in [-0.2, -0.15) is 0 Å². The van der Waals surface area contributed by atoms with Crippen LogP contribution in [0.5, 0.6) is 0 Å². The Morgan fingerprint density at radius 1 is 0.389 bits per heavy atom. The van der Waals surface area contributed by atoms with Crippen LogP contribution in [0, 0.1) is 0 Å². The second kappa shape index (κ2) is 33.0. The molecule has 0 bridgehead atoms. The molecule has 54 heavy (non-hydrogen) atoms. The molecule has 5 unspecified atom stereocenters. The summed E-state index contributed by atoms with van der Waals surface area (Å²) in [7, 11) is 0. The van der Waals surface area contributed by atoms with Crippen LogP contribution in [0.1, 0.15) is 135 Å². The maximum absolute atomic E-state index is 13.7. The van der Waals surface area contributed by atoms with Crippen molar-refractivity contribution in [3.8, 4) is 0 Å². The summed E-state index contributed by atoms with van der Waals surface area (Å²) in [5.74, 6) is -3.43. The van der Waals surface area contributed by atoms with Crippen molar-refractivity contribution in [3.05, 3.63) is 0 Å². The standard InChI is InChI=1S/C37H75N11O6/c1-2-3-4-5-6-7-8-9-10-21-32(49)44-28(17-12-23-39)34(51)46-30(19-14-25-41)36(53)48-31(20-15-26-42)37(54)47-29(18-13-24-40)35(52)45-27(33(43)50)16-11-22-38/h27-31H,2-26,38-42H2,1H3,(H2,43,50)(H,44,49)(H,45,52)(H,46,51)(H,47,54)(H,48,53). The molecule has 0 radical (unpaired) electrons. The third-order valence-corrected chi connectivity index (χ3v) is 9.20. The third-order valence-electron chi connectivity index (χ3n) is 9.20. The highest BCUT2D eigenvalue weighted by atomic mass is 16.2. The number of nitrogens with one attached hydrogen (secondary N) is 5. The number of hydrogen-bond donors (Lipinski definition) is 11. The molecular formula is C37H75N11O6. The predicted molar refractivity (Wildman–Crippen MR) is 212 cm³/mol. The van der Waals surface area contributed by atoms with E-state index in [4.69, 9.17) is 34.4 Å². The maximum atomic E-state index is 13.7. The predicted octanol–water partition coefficient (Wildman–Crippen LogP) is -0.489. The molecule has 314 valence electrons. The molecule has 5 atom stereocenters. The lowest BCUT2D eigenvalue weighted by molar-refractivity contribution is -0.135. The summed E-state index contributed by atoms with van der Waals surface area (Å²) >= 11 is 0. The van der Waals surface area contributed by atoms with Crippen molar-refractivity contribution in [2.24, 2.45) is 34.4 Å². The highest BCUT2D eigenvalue weighted by molar-refractivity contribution is 5.96. The van der Waals surface area contributed by atoms with Crippen molar-refractivity contribution in [2.75, 3.05) is 32.7 Å². The van der Waals surface area contributed by atoms with Crippen LogP contribution in [-0.4, -0.2) is 98.4 Å². The van der Waals surface area contributed by atoms with Gasteiger partial charge in [-0.05, 0) is 103 Å². The molecule has 17 nitrogen and oxygen atoms in total. The van der Waals surface area contributed by atoms with E-state index in [1.54, 1.807) is 0 Å². The van der Waals surface area contributed by atoms with E-state index in [2.05, 4.69) is 33.5 Å². The molecule has 0 aliphatic heterocycles. The Morgan fingerprint density at radius 2 is 0.667 bits per heavy atom. The van der Waals surface area contributed by atoms with Gasteiger partial charge >= 0.3 is 0 Å². The summed E-state index contributed by atoms with van der Waals surface area (Å²) in [6.45, 7) is 3.53. The number of carbonyl (C=O) groups excluding carboxylic acids is 6. The van der Waals surface area contributed by atoms with E-state index in [1.165, 1.54) is 32.1 Å². The van der Waals surface area contributed by atoms with Gasteiger partial charge in [0.1, 0.15) is 30.2 Å². The number of carbonyl (C=O) groups is 6. The van der Waals surface area contributed by atoms with Crippen molar-refractivity contribution in [1.82, 2.24) is 26.6 Å². The summed E-state index contributed by atoms with van der Waals surface area (Å²) < 4.78 is 0. The third kappa shape index (κ3) is 24.1. The molecule has 0 aromatic rings. The van der Waals surface area contributed by atoms with Gasteiger partial charge in [0.05, 0.1) is 0 Å². The number of nitrogens with two attached hydrogens (primary N) is 6. The van der Waals surface area contributed by atoms with Crippen molar-refractivity contribution >= 4 is 35.4 Å². The largest absolute Gasteiger partial charge is 0.368 e. The van der Waals surface area contributed by atoms with Crippen LogP contribution in [0.2, 0.25) is 0 Å². The highest BCUT2D eigenvalue weighted by Crippen LogP contribution is 2.11. The van der Waals surface area contributed by atoms with Crippen molar-refractivity contribution in [3.63, 3.8) is 0 Å². The van der Waals surface area contributed by atoms with Gasteiger partial charge in [0, 0.05) is 6.42 Å². The summed E-state index contributed by atoms with van der Waals surface area (Å²) in [5, 5.41) is 13.6. The zero-order valence-corrected chi connectivity index (χ0v) is 33.0. The molecule has 17 heteroatoms. The Bertz CT molecular complexity index is 1070. The molecular weight excluding hydrogens is 694 g/mol. The summed E-state index contributed by atoms with van der Waals surface area (Å²) in [4.78, 5) is 78.8. The van der Waals surface area contributed by atoms with Crippen LogP contribution < -0.4 is 61.0 Å². The molecule has 0 fully saturated rings. The zero-order chi connectivity index (χ0) is 40.6. The van der Waals surface area contributed by atoms with Crippen LogP contribution >= 0.6 is 0 Å². The minimum Gasteiger partial charge on any atom is -0.368 e. The van der Waals surface area contributed by atoms with Gasteiger partial charge in [-0.1, -0.05) is 58.3 Å². The zero-order valence-electron chi connectivity index (χ0n) is 33.0. The van der Waals surface area contributed by atoms with Gasteiger partial charge in [0.2, 0.25) is 35.4 Å². The van der Waals surface area contributed by atoms with Gasteiger partial charge in [-0.3, -0.25) is 28.8 Å². The number of unbranched alkanes of at least 4 members (excludes halogenated alkanes) is 8. The molecule has 17 N–H and O–H groups in total. The Hall–Kier alpha value is -3.38. The SMILES string of the molecule is CCCCCCCCCCCC(=O)NC(CCCN)C(=O)NC(CCCN)C(=O)NC(CCCN)C(=O)NC(CCCN)C(=O)NC(CCCN)C(N)=O. The van der Waals surface area contributed by atoms with Gasteiger partial charge in [0.25, 0.3) is 0 Å². The molecule has 0 aromatic carbocycles. The molecule has 0 saturated carbocycles. The summed E-state index contributed by atoms with van der Waals surface area (Å²) in [5.41, 5.74) is 33.9. The molecule has 0 aliphatic rings. The van der Waals surface area contributed by atoms with E-state index in [1.807, 2.05) is 0 Å². The highest BCUT2D eigenvalue weighted by Gasteiger charge is 2.32. The van der Waals surface area contributed by atoms with E-state index in [-0.39, 0.29) is 57.6 Å². The quantitative estimate of drug-likeness (QED) is 0.0366. The molecule has 0 saturated heterocycles. The topological polar surface area (TPSA) is 319 Å². The molecule has 0 rings (SSSR count). The summed E-state index contributed by atoms with van der Waals surface area (Å²) in [6.07, 6.45) is 13.4. The van der Waals surface area contributed by atoms with E-state index < -0.39 is 59.7 Å². The monoisotopic (exact) mass is 770 g/mol. The van der Waals surface area contributed by atoms with Gasteiger partial charge < -0.3 is 61.0 Å². The van der Waals surface area contributed by atoms with Crippen LogP contribution in [0.3, 0.4) is 0 Å². The first-order valence-electron chi connectivity index (χ1n) is 20.3. The second-order valence-corrected chi connectivity index (χ2v) is 14.0. The van der Waals surface area contributed by atoms with Gasteiger partial charge in [0.15, 0.2) is 0 Å². The first-order valence-corrected chi connectivity index (χ1v) is 20.3. The van der Waals surface area contributed by atoms with Crippen LogP contribution in [0.15, 0.2) is 0 Å². The normalized spacial score (nSPS) is 13.9. The van der Waals surface area contributed by atoms with E-state index in [0.29, 0.717) is 58.0 Å². The fraction of sp³-hybridized carbons (Fsp3) is 0.838. The van der Waals surface area contributed by atoms with Gasteiger partial charge in [-0.25, -0.2) is 0 Å². The first-order chi connectivity index (χ1) is 26.0. The summed E-state index contributed by atoms with van der Waals surface area (Å²) in [6, 6.07) is -5.14. The van der Waals surface area contributed by atoms with Crippen LogP contribution in [0.4, 0.5) is 0 Å². The Morgan fingerprint density at radius 3 is 0.981 bits per heavy atom. The molecule has 0 spiro atoms. The smallest absolute Gasteiger partial charge is 0.243 e. The minimum atomic E-state index is -1.11. The Labute approximate surface area is 323 Å². The van der Waals surface area contributed by atoms with E-state index >= 15 is 0 Å². The molecule has 0 aromatic heterocycles. The molecule has 0 aliphatic carbocycles. The lowest BCUT2D eigenvalue weighted by Gasteiger charge is -2.27. The fourth-order valence-corrected chi connectivity index (χ4v) is 5.92. The number of hydrogen-bond acceptors (Lipinski definition) is 11. The van der Waals surface area contributed by atoms with Crippen LogP contribution in [-0.2, 0) is 28.8 Å².